The van der Waals surface area contributed by atoms with E-state index in [1.165, 1.54) is 5.01 Å². The molecular weight excluding hydrogens is 458 g/mol. The van der Waals surface area contributed by atoms with E-state index in [2.05, 4.69) is 15.6 Å². The number of fused-ring (bicyclic) bond motifs is 1. The third kappa shape index (κ3) is 5.00. The summed E-state index contributed by atoms with van der Waals surface area (Å²) in [5.41, 5.74) is 5.11. The highest BCUT2D eigenvalue weighted by Crippen LogP contribution is 2.34. The van der Waals surface area contributed by atoms with Gasteiger partial charge in [-0.1, -0.05) is 12.1 Å². The third-order valence-corrected chi connectivity index (χ3v) is 6.02. The van der Waals surface area contributed by atoms with Gasteiger partial charge >= 0.3 is 6.03 Å². The SMILES string of the molecule is CNC(=O)N1N=C(c2ccc(C(=O)Nc3ccc(C)nc3)cc2)c2cc(OC)c(OC)cc2C[C@H]1C. The van der Waals surface area contributed by atoms with Crippen molar-refractivity contribution in [1.82, 2.24) is 15.3 Å². The van der Waals surface area contributed by atoms with Gasteiger partial charge in [-0.05, 0) is 62.2 Å². The number of aryl methyl sites for hydroxylation is 1. The van der Waals surface area contributed by atoms with Crippen molar-refractivity contribution in [3.8, 4) is 11.5 Å². The minimum absolute atomic E-state index is 0.201. The van der Waals surface area contributed by atoms with Crippen molar-refractivity contribution in [2.75, 3.05) is 26.6 Å². The number of urea groups is 1. The highest BCUT2D eigenvalue weighted by molar-refractivity contribution is 6.15. The van der Waals surface area contributed by atoms with E-state index >= 15 is 0 Å². The number of ether oxygens (including phenoxy) is 2. The number of hydrogen-bond donors (Lipinski definition) is 2. The van der Waals surface area contributed by atoms with Crippen LogP contribution in [0.3, 0.4) is 0 Å². The van der Waals surface area contributed by atoms with E-state index in [4.69, 9.17) is 14.6 Å². The van der Waals surface area contributed by atoms with E-state index in [-0.39, 0.29) is 18.0 Å². The van der Waals surface area contributed by atoms with E-state index in [9.17, 15) is 9.59 Å². The Morgan fingerprint density at radius 2 is 1.72 bits per heavy atom. The summed E-state index contributed by atoms with van der Waals surface area (Å²) in [6.45, 7) is 3.83. The molecular formula is C27H29N5O4. The Kier molecular flexibility index (Phi) is 7.19. The third-order valence-electron chi connectivity index (χ3n) is 6.02. The Bertz CT molecular complexity index is 1300. The van der Waals surface area contributed by atoms with Gasteiger partial charge in [0, 0.05) is 29.4 Å². The number of carbonyl (C=O) groups excluding carboxylic acids is 2. The molecule has 0 unspecified atom stereocenters. The lowest BCUT2D eigenvalue weighted by Crippen LogP contribution is -2.41. The van der Waals surface area contributed by atoms with Crippen molar-refractivity contribution in [2.24, 2.45) is 5.10 Å². The van der Waals surface area contributed by atoms with Crippen LogP contribution < -0.4 is 20.1 Å². The predicted octanol–water partition coefficient (Wildman–Crippen LogP) is 4.00. The monoisotopic (exact) mass is 487 g/mol. The van der Waals surface area contributed by atoms with Crippen molar-refractivity contribution >= 4 is 23.3 Å². The number of nitrogens with zero attached hydrogens (tertiary/aromatic N) is 3. The average Bonchev–Trinajstić information content (AvgIpc) is 3.04. The fourth-order valence-electron chi connectivity index (χ4n) is 4.07. The van der Waals surface area contributed by atoms with Crippen LogP contribution in [0.15, 0.2) is 59.8 Å². The molecule has 1 aromatic heterocycles. The summed E-state index contributed by atoms with van der Waals surface area (Å²) < 4.78 is 11.0. The van der Waals surface area contributed by atoms with Crippen molar-refractivity contribution in [1.29, 1.82) is 0 Å². The van der Waals surface area contributed by atoms with Gasteiger partial charge < -0.3 is 20.1 Å². The van der Waals surface area contributed by atoms with Crippen LogP contribution >= 0.6 is 0 Å². The molecule has 0 radical (unpaired) electrons. The van der Waals surface area contributed by atoms with Gasteiger partial charge in [0.25, 0.3) is 5.91 Å². The van der Waals surface area contributed by atoms with Gasteiger partial charge in [-0.2, -0.15) is 5.10 Å². The van der Waals surface area contributed by atoms with Crippen LogP contribution in [0, 0.1) is 6.92 Å². The zero-order valence-corrected chi connectivity index (χ0v) is 21.0. The quantitative estimate of drug-likeness (QED) is 0.566. The smallest absolute Gasteiger partial charge is 0.337 e. The van der Waals surface area contributed by atoms with Crippen LogP contribution in [0.4, 0.5) is 10.5 Å². The molecule has 3 amide bonds. The Hall–Kier alpha value is -4.40. The van der Waals surface area contributed by atoms with Gasteiger partial charge in [-0.25, -0.2) is 9.80 Å². The molecule has 0 saturated heterocycles. The van der Waals surface area contributed by atoms with Gasteiger partial charge in [0.15, 0.2) is 11.5 Å². The van der Waals surface area contributed by atoms with Gasteiger partial charge in [0.05, 0.1) is 37.9 Å². The standard InChI is InChI=1S/C27H29N5O4/c1-16-6-11-21(15-29-16)30-26(33)19-9-7-18(8-10-19)25-22-14-24(36-5)23(35-4)13-20(22)12-17(2)32(31-25)27(34)28-3/h6-11,13-15,17H,12H2,1-5H3,(H,28,34)(H,30,33)/t17-/m1/s1. The number of hydrogen-bond acceptors (Lipinski definition) is 6. The van der Waals surface area contributed by atoms with Crippen molar-refractivity contribution < 1.29 is 19.1 Å². The van der Waals surface area contributed by atoms with E-state index in [1.807, 2.05) is 50.2 Å². The maximum atomic E-state index is 12.8. The molecule has 2 heterocycles. The van der Waals surface area contributed by atoms with Crippen LogP contribution in [-0.4, -0.2) is 55.0 Å². The Labute approximate surface area is 210 Å². The van der Waals surface area contributed by atoms with Crippen LogP contribution in [-0.2, 0) is 6.42 Å². The molecule has 1 atom stereocenters. The summed E-state index contributed by atoms with van der Waals surface area (Å²) in [6.07, 6.45) is 2.19. The molecule has 3 aromatic rings. The molecule has 9 heteroatoms. The summed E-state index contributed by atoms with van der Waals surface area (Å²) in [5, 5.41) is 11.7. The minimum Gasteiger partial charge on any atom is -0.493 e. The summed E-state index contributed by atoms with van der Waals surface area (Å²) >= 11 is 0. The molecule has 9 nitrogen and oxygen atoms in total. The van der Waals surface area contributed by atoms with Crippen LogP contribution in [0.1, 0.15) is 39.7 Å². The molecule has 2 N–H and O–H groups in total. The fourth-order valence-corrected chi connectivity index (χ4v) is 4.07. The molecule has 36 heavy (non-hydrogen) atoms. The van der Waals surface area contributed by atoms with Crippen molar-refractivity contribution in [3.05, 3.63) is 82.7 Å². The highest BCUT2D eigenvalue weighted by atomic mass is 16.5. The number of anilines is 1. The Balaban J connectivity index is 1.73. The van der Waals surface area contributed by atoms with E-state index in [1.54, 1.807) is 39.6 Å². The maximum Gasteiger partial charge on any atom is 0.337 e. The first-order valence-electron chi connectivity index (χ1n) is 11.5. The summed E-state index contributed by atoms with van der Waals surface area (Å²) in [6, 6.07) is 14.0. The van der Waals surface area contributed by atoms with E-state index in [0.717, 1.165) is 22.4 Å². The first-order chi connectivity index (χ1) is 17.3. The maximum absolute atomic E-state index is 12.8. The van der Waals surface area contributed by atoms with Crippen molar-refractivity contribution in [3.63, 3.8) is 0 Å². The van der Waals surface area contributed by atoms with Gasteiger partial charge in [-0.3, -0.25) is 9.78 Å². The number of nitrogens with one attached hydrogen (secondary N) is 2. The first-order valence-corrected chi connectivity index (χ1v) is 11.5. The zero-order chi connectivity index (χ0) is 25.8. The number of aromatic nitrogens is 1. The summed E-state index contributed by atoms with van der Waals surface area (Å²) in [4.78, 5) is 29.6. The molecule has 186 valence electrons. The lowest BCUT2D eigenvalue weighted by Gasteiger charge is -2.22. The topological polar surface area (TPSA) is 105 Å². The zero-order valence-electron chi connectivity index (χ0n) is 21.0. The van der Waals surface area contributed by atoms with E-state index in [0.29, 0.717) is 34.9 Å². The molecule has 1 aliphatic rings. The highest BCUT2D eigenvalue weighted by Gasteiger charge is 2.28. The molecule has 0 bridgehead atoms. The Morgan fingerprint density at radius 3 is 2.33 bits per heavy atom. The molecule has 4 rings (SSSR count). The number of benzene rings is 2. The number of pyridine rings is 1. The summed E-state index contributed by atoms with van der Waals surface area (Å²) in [5.74, 6) is 0.920. The number of carbonyl (C=O) groups is 2. The fraction of sp³-hybridized carbons (Fsp3) is 0.259. The van der Waals surface area contributed by atoms with Gasteiger partial charge in [0.2, 0.25) is 0 Å². The predicted molar refractivity (Wildman–Crippen MR) is 138 cm³/mol. The van der Waals surface area contributed by atoms with Gasteiger partial charge in [0.1, 0.15) is 0 Å². The molecule has 0 aliphatic carbocycles. The van der Waals surface area contributed by atoms with Crippen molar-refractivity contribution in [2.45, 2.75) is 26.3 Å². The van der Waals surface area contributed by atoms with Crippen LogP contribution in [0.5, 0.6) is 11.5 Å². The largest absolute Gasteiger partial charge is 0.493 e. The van der Waals surface area contributed by atoms with E-state index < -0.39 is 0 Å². The molecule has 1 aliphatic heterocycles. The first kappa shape index (κ1) is 24.7. The second kappa shape index (κ2) is 10.5. The van der Waals surface area contributed by atoms with Gasteiger partial charge in [-0.15, -0.1) is 0 Å². The number of amides is 3. The number of hydrazone groups is 1. The average molecular weight is 488 g/mol. The van der Waals surface area contributed by atoms with Crippen LogP contribution in [0.2, 0.25) is 0 Å². The molecule has 0 saturated carbocycles. The molecule has 0 fully saturated rings. The molecule has 2 aromatic carbocycles. The Morgan fingerprint density at radius 1 is 1.03 bits per heavy atom. The normalized spacial score (nSPS) is 14.8. The lowest BCUT2D eigenvalue weighted by molar-refractivity contribution is 0.102. The molecule has 0 spiro atoms. The van der Waals surface area contributed by atoms with Crippen LogP contribution in [0.25, 0.3) is 0 Å². The minimum atomic E-state index is -0.311. The lowest BCUT2D eigenvalue weighted by atomic mass is 9.93. The second-order valence-corrected chi connectivity index (χ2v) is 8.49. The number of methoxy groups -OCH3 is 2. The second-order valence-electron chi connectivity index (χ2n) is 8.49. The number of rotatable bonds is 5. The summed E-state index contributed by atoms with van der Waals surface area (Å²) in [7, 11) is 4.74.